The molecule has 0 aliphatic carbocycles. The van der Waals surface area contributed by atoms with Crippen molar-refractivity contribution in [1.82, 2.24) is 0 Å². The van der Waals surface area contributed by atoms with E-state index in [1.807, 2.05) is 6.07 Å². The Morgan fingerprint density at radius 2 is 1.81 bits per heavy atom. The van der Waals surface area contributed by atoms with Gasteiger partial charge in [-0.3, -0.25) is 10.1 Å². The van der Waals surface area contributed by atoms with Crippen LogP contribution in [0.4, 0.5) is 5.69 Å². The number of methoxy groups -OCH3 is 1. The zero-order chi connectivity index (χ0) is 23.1. The normalized spacial score (nSPS) is 10.7. The number of nitriles is 2. The van der Waals surface area contributed by atoms with E-state index in [1.165, 1.54) is 19.2 Å². The number of hydrogen-bond acceptors (Lipinski definition) is 6. The number of allylic oxidation sites excluding steroid dienone is 1. The highest BCUT2D eigenvalue weighted by atomic mass is 127. The van der Waals surface area contributed by atoms with Crippen molar-refractivity contribution >= 4 is 39.9 Å². The molecule has 3 rings (SSSR count). The number of nitrogens with zero attached hydrogens (tertiary/aromatic N) is 3. The maximum Gasteiger partial charge on any atom is 0.269 e. The molecule has 3 aromatic carbocycles. The molecule has 0 aromatic heterocycles. The molecule has 0 bridgehead atoms. The summed E-state index contributed by atoms with van der Waals surface area (Å²) in [6.07, 6.45) is 1.74. The SMILES string of the molecule is COc1cc(/C=C(/C#N)c2ccc(C#N)cc2)cc(I)c1OCc1ccc([N+](=O)[O-])cc1. The van der Waals surface area contributed by atoms with Gasteiger partial charge >= 0.3 is 0 Å². The lowest BCUT2D eigenvalue weighted by atomic mass is 10.0. The number of nitro benzene ring substituents is 1. The molecule has 8 heteroatoms. The second-order valence-corrected chi connectivity index (χ2v) is 7.77. The fourth-order valence-corrected chi connectivity index (χ4v) is 3.68. The second-order valence-electron chi connectivity index (χ2n) is 6.61. The maximum atomic E-state index is 10.8. The lowest BCUT2D eigenvalue weighted by Gasteiger charge is -2.14. The van der Waals surface area contributed by atoms with Crippen LogP contribution in [0.2, 0.25) is 0 Å². The molecule has 32 heavy (non-hydrogen) atoms. The van der Waals surface area contributed by atoms with Crippen LogP contribution in [-0.4, -0.2) is 12.0 Å². The second kappa shape index (κ2) is 10.4. The standard InChI is InChI=1S/C24H16IN3O4/c1-31-23-12-18(10-20(14-27)19-6-2-16(13-26)3-7-19)11-22(25)24(23)32-15-17-4-8-21(9-5-17)28(29)30/h2-12H,15H2,1H3/b20-10-. The van der Waals surface area contributed by atoms with E-state index in [-0.39, 0.29) is 12.3 Å². The molecule has 0 saturated carbocycles. The Morgan fingerprint density at radius 3 is 2.38 bits per heavy atom. The van der Waals surface area contributed by atoms with Gasteiger partial charge in [-0.2, -0.15) is 10.5 Å². The molecular formula is C24H16IN3O4. The van der Waals surface area contributed by atoms with Gasteiger partial charge in [0.25, 0.3) is 5.69 Å². The summed E-state index contributed by atoms with van der Waals surface area (Å²) in [5.74, 6) is 1.04. The van der Waals surface area contributed by atoms with E-state index in [0.29, 0.717) is 28.2 Å². The van der Waals surface area contributed by atoms with Crippen LogP contribution in [0.1, 0.15) is 22.3 Å². The van der Waals surface area contributed by atoms with E-state index in [2.05, 4.69) is 34.7 Å². The highest BCUT2D eigenvalue weighted by molar-refractivity contribution is 14.1. The molecule has 7 nitrogen and oxygen atoms in total. The van der Waals surface area contributed by atoms with Crippen molar-refractivity contribution in [2.75, 3.05) is 7.11 Å². The molecule has 0 atom stereocenters. The molecule has 0 aliphatic heterocycles. The van der Waals surface area contributed by atoms with E-state index in [0.717, 1.165) is 14.7 Å². The van der Waals surface area contributed by atoms with Crippen molar-refractivity contribution in [3.05, 3.63) is 96.6 Å². The molecule has 0 unspecified atom stereocenters. The van der Waals surface area contributed by atoms with E-state index < -0.39 is 4.92 Å². The number of non-ortho nitro benzene ring substituents is 1. The highest BCUT2D eigenvalue weighted by Crippen LogP contribution is 2.35. The van der Waals surface area contributed by atoms with Crippen LogP contribution >= 0.6 is 22.6 Å². The van der Waals surface area contributed by atoms with Gasteiger partial charge in [0.1, 0.15) is 6.61 Å². The van der Waals surface area contributed by atoms with Gasteiger partial charge in [0, 0.05) is 12.1 Å². The highest BCUT2D eigenvalue weighted by Gasteiger charge is 2.13. The summed E-state index contributed by atoms with van der Waals surface area (Å²) in [5, 5.41) is 29.3. The average molecular weight is 537 g/mol. The summed E-state index contributed by atoms with van der Waals surface area (Å²) in [7, 11) is 1.53. The summed E-state index contributed by atoms with van der Waals surface area (Å²) < 4.78 is 12.2. The molecular weight excluding hydrogens is 521 g/mol. The zero-order valence-corrected chi connectivity index (χ0v) is 19.1. The van der Waals surface area contributed by atoms with Crippen LogP contribution < -0.4 is 9.47 Å². The number of nitro groups is 1. The van der Waals surface area contributed by atoms with Gasteiger partial charge < -0.3 is 9.47 Å². The molecule has 0 saturated heterocycles. The predicted molar refractivity (Wildman–Crippen MR) is 128 cm³/mol. The van der Waals surface area contributed by atoms with E-state index in [4.69, 9.17) is 14.7 Å². The first-order chi connectivity index (χ1) is 15.4. The van der Waals surface area contributed by atoms with Gasteiger partial charge in [-0.1, -0.05) is 12.1 Å². The first-order valence-electron chi connectivity index (χ1n) is 9.31. The summed E-state index contributed by atoms with van der Waals surface area (Å²) in [6.45, 7) is 0.216. The summed E-state index contributed by atoms with van der Waals surface area (Å²) in [4.78, 5) is 10.3. The van der Waals surface area contributed by atoms with Crippen molar-refractivity contribution in [2.45, 2.75) is 6.61 Å². The molecule has 158 valence electrons. The Kier molecular flexibility index (Phi) is 7.42. The summed E-state index contributed by atoms with van der Waals surface area (Å²) in [5.41, 5.74) is 3.25. The minimum atomic E-state index is -0.448. The quantitative estimate of drug-likeness (QED) is 0.125. The minimum absolute atomic E-state index is 0.0209. The van der Waals surface area contributed by atoms with Gasteiger partial charge in [-0.05, 0) is 81.8 Å². The van der Waals surface area contributed by atoms with Crippen LogP contribution in [0.3, 0.4) is 0 Å². The smallest absolute Gasteiger partial charge is 0.269 e. The Morgan fingerprint density at radius 1 is 1.12 bits per heavy atom. The lowest BCUT2D eigenvalue weighted by molar-refractivity contribution is -0.384. The van der Waals surface area contributed by atoms with Gasteiger partial charge in [-0.15, -0.1) is 0 Å². The minimum Gasteiger partial charge on any atom is -0.493 e. The lowest BCUT2D eigenvalue weighted by Crippen LogP contribution is -2.00. The topological polar surface area (TPSA) is 109 Å². The largest absolute Gasteiger partial charge is 0.493 e. The fraction of sp³-hybridized carbons (Fsp3) is 0.0833. The van der Waals surface area contributed by atoms with E-state index in [1.54, 1.807) is 48.5 Å². The third kappa shape index (κ3) is 5.42. The first-order valence-corrected chi connectivity index (χ1v) is 10.4. The van der Waals surface area contributed by atoms with Gasteiger partial charge in [0.2, 0.25) is 0 Å². The Labute approximate surface area is 198 Å². The van der Waals surface area contributed by atoms with Crippen molar-refractivity contribution < 1.29 is 14.4 Å². The molecule has 0 radical (unpaired) electrons. The van der Waals surface area contributed by atoms with Gasteiger partial charge in [0.15, 0.2) is 11.5 Å². The number of hydrogen-bond donors (Lipinski definition) is 0. The van der Waals surface area contributed by atoms with Crippen molar-refractivity contribution in [1.29, 1.82) is 10.5 Å². The Balaban J connectivity index is 1.85. The maximum absolute atomic E-state index is 10.8. The zero-order valence-electron chi connectivity index (χ0n) is 16.9. The van der Waals surface area contributed by atoms with Gasteiger partial charge in [0.05, 0.1) is 38.9 Å². The monoisotopic (exact) mass is 537 g/mol. The van der Waals surface area contributed by atoms with E-state index >= 15 is 0 Å². The molecule has 0 N–H and O–H groups in total. The molecule has 0 heterocycles. The first kappa shape index (κ1) is 22.8. The molecule has 0 spiro atoms. The van der Waals surface area contributed by atoms with Crippen LogP contribution in [0.25, 0.3) is 11.6 Å². The van der Waals surface area contributed by atoms with Crippen LogP contribution in [0.15, 0.2) is 60.7 Å². The average Bonchev–Trinajstić information content (AvgIpc) is 2.81. The Hall–Kier alpha value is -3.89. The number of ether oxygens (including phenoxy) is 2. The molecule has 0 fully saturated rings. The van der Waals surface area contributed by atoms with Crippen molar-refractivity contribution in [3.8, 4) is 23.6 Å². The fourth-order valence-electron chi connectivity index (χ4n) is 2.90. The molecule has 0 aliphatic rings. The van der Waals surface area contributed by atoms with Crippen LogP contribution in [0, 0.1) is 36.3 Å². The van der Waals surface area contributed by atoms with Gasteiger partial charge in [-0.25, -0.2) is 0 Å². The third-order valence-corrected chi connectivity index (χ3v) is 5.34. The number of benzene rings is 3. The molecule has 0 amide bonds. The molecule has 3 aromatic rings. The third-order valence-electron chi connectivity index (χ3n) is 4.54. The number of rotatable bonds is 7. The summed E-state index contributed by atoms with van der Waals surface area (Å²) >= 11 is 2.13. The summed E-state index contributed by atoms with van der Waals surface area (Å²) in [6, 6.07) is 20.8. The van der Waals surface area contributed by atoms with Crippen molar-refractivity contribution in [2.24, 2.45) is 0 Å². The Bertz CT molecular complexity index is 1250. The van der Waals surface area contributed by atoms with Crippen LogP contribution in [-0.2, 0) is 6.61 Å². The van der Waals surface area contributed by atoms with E-state index in [9.17, 15) is 15.4 Å². The number of halogens is 1. The predicted octanol–water partition coefficient (Wildman–Crippen LogP) is 5.72. The van der Waals surface area contributed by atoms with Crippen LogP contribution in [0.5, 0.6) is 11.5 Å². The van der Waals surface area contributed by atoms with Crippen molar-refractivity contribution in [3.63, 3.8) is 0 Å².